The Morgan fingerprint density at radius 2 is 2.00 bits per heavy atom. The molecular formula is C17H16N4O4. The molecule has 8 heteroatoms. The molecule has 3 aromatic rings. The predicted molar refractivity (Wildman–Crippen MR) is 88.6 cm³/mol. The van der Waals surface area contributed by atoms with E-state index in [2.05, 4.69) is 20.8 Å². The van der Waals surface area contributed by atoms with E-state index in [0.717, 1.165) is 5.56 Å². The summed E-state index contributed by atoms with van der Waals surface area (Å²) in [5.41, 5.74) is 1.43. The van der Waals surface area contributed by atoms with E-state index in [4.69, 9.17) is 8.94 Å². The van der Waals surface area contributed by atoms with Crippen molar-refractivity contribution in [2.24, 2.45) is 0 Å². The molecule has 0 fully saturated rings. The Kier molecular flexibility index (Phi) is 4.89. The third-order valence-corrected chi connectivity index (χ3v) is 3.34. The van der Waals surface area contributed by atoms with Gasteiger partial charge >= 0.3 is 0 Å². The smallest absolute Gasteiger partial charge is 0.243 e. The van der Waals surface area contributed by atoms with Crippen LogP contribution >= 0.6 is 0 Å². The summed E-state index contributed by atoms with van der Waals surface area (Å²) < 4.78 is 10.5. The first-order chi connectivity index (χ1) is 12.1. The van der Waals surface area contributed by atoms with Crippen LogP contribution in [0.3, 0.4) is 0 Å². The lowest BCUT2D eigenvalue weighted by molar-refractivity contribution is -0.122. The summed E-state index contributed by atoms with van der Waals surface area (Å²) in [6.07, 6.45) is 1.88. The van der Waals surface area contributed by atoms with Crippen molar-refractivity contribution in [3.8, 4) is 11.6 Å². The van der Waals surface area contributed by atoms with E-state index in [0.29, 0.717) is 29.6 Å². The Morgan fingerprint density at radius 1 is 1.16 bits per heavy atom. The van der Waals surface area contributed by atoms with Gasteiger partial charge in [-0.3, -0.25) is 9.59 Å². The van der Waals surface area contributed by atoms with Crippen LogP contribution in [0.25, 0.3) is 11.6 Å². The fourth-order valence-corrected chi connectivity index (χ4v) is 2.19. The molecule has 0 spiro atoms. The van der Waals surface area contributed by atoms with Gasteiger partial charge < -0.3 is 19.6 Å². The number of nitrogens with one attached hydrogen (secondary N) is 2. The molecule has 0 unspecified atom stereocenters. The van der Waals surface area contributed by atoms with Crippen LogP contribution in [-0.4, -0.2) is 28.5 Å². The molecule has 2 N–H and O–H groups in total. The topological polar surface area (TPSA) is 110 Å². The van der Waals surface area contributed by atoms with Crippen molar-refractivity contribution in [2.75, 3.05) is 11.9 Å². The van der Waals surface area contributed by atoms with Crippen molar-refractivity contribution >= 4 is 17.5 Å². The molecule has 0 saturated heterocycles. The van der Waals surface area contributed by atoms with E-state index >= 15 is 0 Å². The number of furan rings is 1. The number of nitrogens with zero attached hydrogens (tertiary/aromatic N) is 2. The second-order valence-electron chi connectivity index (χ2n) is 5.28. The number of hydrogen-bond acceptors (Lipinski definition) is 6. The van der Waals surface area contributed by atoms with Crippen molar-refractivity contribution in [3.63, 3.8) is 0 Å². The molecule has 8 nitrogen and oxygen atoms in total. The zero-order chi connectivity index (χ0) is 17.6. The maximum Gasteiger partial charge on any atom is 0.243 e. The summed E-state index contributed by atoms with van der Waals surface area (Å²) in [6.45, 7) is 1.26. The van der Waals surface area contributed by atoms with Gasteiger partial charge in [-0.1, -0.05) is 23.4 Å². The SMILES string of the molecule is CC(=O)NCC(=O)Nc1ccccc1Cc1nc(-c2ccco2)no1. The molecule has 1 aromatic carbocycles. The van der Waals surface area contributed by atoms with Crippen molar-refractivity contribution in [1.82, 2.24) is 15.5 Å². The van der Waals surface area contributed by atoms with E-state index in [-0.39, 0.29) is 18.4 Å². The normalized spacial score (nSPS) is 10.4. The van der Waals surface area contributed by atoms with Crippen LogP contribution in [0.4, 0.5) is 5.69 Å². The molecule has 25 heavy (non-hydrogen) atoms. The van der Waals surface area contributed by atoms with E-state index in [1.165, 1.54) is 13.2 Å². The Morgan fingerprint density at radius 3 is 2.76 bits per heavy atom. The number of amides is 2. The molecule has 0 aliphatic carbocycles. The minimum absolute atomic E-state index is 0.0904. The fraction of sp³-hybridized carbons (Fsp3) is 0.176. The van der Waals surface area contributed by atoms with Crippen molar-refractivity contribution < 1.29 is 18.5 Å². The molecule has 2 heterocycles. The van der Waals surface area contributed by atoms with Crippen LogP contribution in [0.15, 0.2) is 51.6 Å². The molecule has 0 saturated carbocycles. The molecule has 128 valence electrons. The molecule has 2 amide bonds. The number of anilines is 1. The lowest BCUT2D eigenvalue weighted by Crippen LogP contribution is -2.31. The predicted octanol–water partition coefficient (Wildman–Crippen LogP) is 1.99. The van der Waals surface area contributed by atoms with E-state index < -0.39 is 0 Å². The lowest BCUT2D eigenvalue weighted by atomic mass is 10.1. The number of benzene rings is 1. The first kappa shape index (κ1) is 16.4. The highest BCUT2D eigenvalue weighted by molar-refractivity contribution is 5.94. The zero-order valence-corrected chi connectivity index (χ0v) is 13.5. The number of carbonyl (C=O) groups excluding carboxylic acids is 2. The summed E-state index contributed by atoms with van der Waals surface area (Å²) in [5.74, 6) is 0.707. The number of aromatic nitrogens is 2. The van der Waals surface area contributed by atoms with Gasteiger partial charge in [-0.15, -0.1) is 0 Å². The fourth-order valence-electron chi connectivity index (χ4n) is 2.19. The van der Waals surface area contributed by atoms with Crippen LogP contribution in [0.2, 0.25) is 0 Å². The van der Waals surface area contributed by atoms with Crippen molar-refractivity contribution in [3.05, 3.63) is 54.1 Å². The maximum atomic E-state index is 11.9. The summed E-state index contributed by atoms with van der Waals surface area (Å²) in [4.78, 5) is 27.1. The molecule has 3 rings (SSSR count). The van der Waals surface area contributed by atoms with Gasteiger partial charge in [0.05, 0.1) is 19.2 Å². The summed E-state index contributed by atoms with van der Waals surface area (Å²) >= 11 is 0. The van der Waals surface area contributed by atoms with Crippen LogP contribution in [0.1, 0.15) is 18.4 Å². The average Bonchev–Trinajstić information content (AvgIpc) is 3.26. The van der Waals surface area contributed by atoms with Gasteiger partial charge in [0, 0.05) is 12.6 Å². The minimum atomic E-state index is -0.315. The van der Waals surface area contributed by atoms with Gasteiger partial charge in [-0.05, 0) is 23.8 Å². The lowest BCUT2D eigenvalue weighted by Gasteiger charge is -2.09. The highest BCUT2D eigenvalue weighted by Gasteiger charge is 2.14. The molecule has 2 aromatic heterocycles. The Hall–Kier alpha value is -3.42. The highest BCUT2D eigenvalue weighted by atomic mass is 16.5. The van der Waals surface area contributed by atoms with Crippen LogP contribution < -0.4 is 10.6 Å². The molecule has 0 radical (unpaired) electrons. The molecule has 0 aliphatic heterocycles. The highest BCUT2D eigenvalue weighted by Crippen LogP contribution is 2.21. The molecule has 0 bridgehead atoms. The number of rotatable bonds is 6. The third kappa shape index (κ3) is 4.31. The molecule has 0 atom stereocenters. The minimum Gasteiger partial charge on any atom is -0.461 e. The van der Waals surface area contributed by atoms with Crippen LogP contribution in [0, 0.1) is 0 Å². The Labute approximate surface area is 143 Å². The van der Waals surface area contributed by atoms with Gasteiger partial charge in [0.25, 0.3) is 0 Å². The number of para-hydroxylation sites is 1. The first-order valence-corrected chi connectivity index (χ1v) is 7.60. The van der Waals surface area contributed by atoms with Gasteiger partial charge in [-0.2, -0.15) is 4.98 Å². The van der Waals surface area contributed by atoms with Gasteiger partial charge in [0.1, 0.15) is 0 Å². The summed E-state index contributed by atoms with van der Waals surface area (Å²) in [5, 5.41) is 9.09. The zero-order valence-electron chi connectivity index (χ0n) is 13.5. The average molecular weight is 340 g/mol. The van der Waals surface area contributed by atoms with Crippen LogP contribution in [-0.2, 0) is 16.0 Å². The van der Waals surface area contributed by atoms with E-state index in [1.54, 1.807) is 24.3 Å². The second kappa shape index (κ2) is 7.43. The first-order valence-electron chi connectivity index (χ1n) is 7.60. The monoisotopic (exact) mass is 340 g/mol. The molecule has 0 aliphatic rings. The van der Waals surface area contributed by atoms with Crippen LogP contribution in [0.5, 0.6) is 0 Å². The quantitative estimate of drug-likeness (QED) is 0.710. The van der Waals surface area contributed by atoms with Crippen molar-refractivity contribution in [2.45, 2.75) is 13.3 Å². The second-order valence-corrected chi connectivity index (χ2v) is 5.28. The van der Waals surface area contributed by atoms with Gasteiger partial charge in [-0.25, -0.2) is 0 Å². The number of hydrogen-bond donors (Lipinski definition) is 2. The van der Waals surface area contributed by atoms with E-state index in [9.17, 15) is 9.59 Å². The summed E-state index contributed by atoms with van der Waals surface area (Å²) in [6, 6.07) is 10.8. The Balaban J connectivity index is 1.71. The summed E-state index contributed by atoms with van der Waals surface area (Å²) in [7, 11) is 0. The maximum absolute atomic E-state index is 11.9. The molecular weight excluding hydrogens is 324 g/mol. The standard InChI is InChI=1S/C17H16N4O4/c1-11(22)18-10-15(23)19-13-6-3-2-5-12(13)9-16-20-17(21-25-16)14-7-4-8-24-14/h2-8H,9-10H2,1H3,(H,18,22)(H,19,23). The number of carbonyl (C=O) groups is 2. The Bertz CT molecular complexity index is 870. The van der Waals surface area contributed by atoms with Crippen molar-refractivity contribution in [1.29, 1.82) is 0 Å². The van der Waals surface area contributed by atoms with Gasteiger partial charge in [0.2, 0.25) is 23.5 Å². The van der Waals surface area contributed by atoms with E-state index in [1.807, 2.05) is 12.1 Å². The largest absolute Gasteiger partial charge is 0.461 e. The van der Waals surface area contributed by atoms with Gasteiger partial charge in [0.15, 0.2) is 5.76 Å². The third-order valence-electron chi connectivity index (χ3n) is 3.34.